The molecule has 0 N–H and O–H groups in total. The molecule has 0 rings (SSSR count). The molecule has 2 nitrogen and oxygen atoms in total. The molecule has 0 amide bonds. The largest absolute Gasteiger partial charge is 0.218 e. The van der Waals surface area contributed by atoms with Crippen molar-refractivity contribution in [2.75, 3.05) is 16.4 Å². The highest BCUT2D eigenvalue weighted by molar-refractivity contribution is 14.1. The third kappa shape index (κ3) is 7.03. The summed E-state index contributed by atoms with van der Waals surface area (Å²) in [6, 6.07) is 0. The highest BCUT2D eigenvalue weighted by Crippen LogP contribution is 2.09. The smallest absolute Gasteiger partial charge is 0.198 e. The molecular formula is C3H7IO2S2. The van der Waals surface area contributed by atoms with Crippen molar-refractivity contribution in [3.8, 4) is 0 Å². The summed E-state index contributed by atoms with van der Waals surface area (Å²) in [5.74, 6) is 0.694. The Hall–Kier alpha value is 1.03. The van der Waals surface area contributed by atoms with Crippen LogP contribution in [0.1, 0.15) is 0 Å². The summed E-state index contributed by atoms with van der Waals surface area (Å²) in [5.41, 5.74) is 0. The summed E-state index contributed by atoms with van der Waals surface area (Å²) in [5, 5.41) is 0. The lowest BCUT2D eigenvalue weighted by atomic mass is 11.0. The Morgan fingerprint density at radius 3 is 2.25 bits per heavy atom. The zero-order valence-corrected chi connectivity index (χ0v) is 8.22. The molecule has 0 bridgehead atoms. The van der Waals surface area contributed by atoms with Gasteiger partial charge in [0.2, 0.25) is 0 Å². The summed E-state index contributed by atoms with van der Waals surface area (Å²) in [4.78, 5) is 0. The van der Waals surface area contributed by atoms with Crippen LogP contribution in [-0.4, -0.2) is 24.9 Å². The molecule has 0 saturated carbocycles. The summed E-state index contributed by atoms with van der Waals surface area (Å²) in [7, 11) is -1.78. The van der Waals surface area contributed by atoms with Crippen LogP contribution < -0.4 is 0 Å². The first-order valence-electron chi connectivity index (χ1n) is 1.96. The number of rotatable bonds is 3. The van der Waals surface area contributed by atoms with E-state index in [9.17, 15) is 8.42 Å². The van der Waals surface area contributed by atoms with Crippen molar-refractivity contribution in [2.24, 2.45) is 0 Å². The molecule has 0 fully saturated rings. The van der Waals surface area contributed by atoms with Crippen molar-refractivity contribution < 1.29 is 8.42 Å². The normalized spacial score (nSPS) is 11.8. The predicted octanol–water partition coefficient (Wildman–Crippen LogP) is 1.11. The van der Waals surface area contributed by atoms with Gasteiger partial charge in [0.15, 0.2) is 8.87 Å². The molecule has 0 aliphatic rings. The first-order valence-corrected chi connectivity index (χ1v) is 6.88. The van der Waals surface area contributed by atoms with Crippen molar-refractivity contribution >= 4 is 42.3 Å². The van der Waals surface area contributed by atoms with Crippen molar-refractivity contribution in [1.29, 1.82) is 0 Å². The van der Waals surface area contributed by atoms with E-state index < -0.39 is 8.87 Å². The zero-order chi connectivity index (χ0) is 6.62. The van der Waals surface area contributed by atoms with Crippen LogP contribution in [0.25, 0.3) is 0 Å². The molecule has 0 saturated heterocycles. The molecule has 0 aliphatic heterocycles. The van der Waals surface area contributed by atoms with Gasteiger partial charge in [-0.3, -0.25) is 0 Å². The Bertz CT molecular complexity index is 139. The Morgan fingerprint density at radius 2 is 2.12 bits per heavy atom. The van der Waals surface area contributed by atoms with E-state index in [1.807, 2.05) is 0 Å². The molecule has 0 radical (unpaired) electrons. The van der Waals surface area contributed by atoms with Crippen LogP contribution in [0.2, 0.25) is 0 Å². The Kier molecular flexibility index (Phi) is 4.45. The van der Waals surface area contributed by atoms with E-state index in [-0.39, 0.29) is 0 Å². The first kappa shape index (κ1) is 9.03. The van der Waals surface area contributed by atoms with Crippen LogP contribution in [0.4, 0.5) is 0 Å². The third-order valence-electron chi connectivity index (χ3n) is 0.375. The lowest BCUT2D eigenvalue weighted by Gasteiger charge is -1.90. The zero-order valence-electron chi connectivity index (χ0n) is 4.43. The summed E-state index contributed by atoms with van der Waals surface area (Å²) in [6.07, 6.45) is 1.23. The third-order valence-corrected chi connectivity index (χ3v) is 4.23. The van der Waals surface area contributed by atoms with E-state index in [2.05, 4.69) is 22.6 Å². The van der Waals surface area contributed by atoms with E-state index in [0.717, 1.165) is 15.2 Å². The van der Waals surface area contributed by atoms with Gasteiger partial charge in [-0.05, 0) is 10.8 Å². The van der Waals surface area contributed by atoms with Crippen LogP contribution >= 0.6 is 33.4 Å². The average molecular weight is 266 g/mol. The maximum Gasteiger partial charge on any atom is 0.198 e. The van der Waals surface area contributed by atoms with Gasteiger partial charge in [0.25, 0.3) is 0 Å². The maximum absolute atomic E-state index is 10.3. The van der Waals surface area contributed by atoms with Gasteiger partial charge in [0.05, 0.1) is 0 Å². The second-order valence-electron chi connectivity index (χ2n) is 1.22. The molecule has 5 heteroatoms. The molecule has 8 heavy (non-hydrogen) atoms. The van der Waals surface area contributed by atoms with Crippen LogP contribution in [-0.2, 0) is 8.87 Å². The predicted molar refractivity (Wildman–Crippen MR) is 46.2 cm³/mol. The lowest BCUT2D eigenvalue weighted by Crippen LogP contribution is -1.90. The van der Waals surface area contributed by atoms with Gasteiger partial charge in [-0.25, -0.2) is 8.42 Å². The van der Waals surface area contributed by atoms with Crippen molar-refractivity contribution in [3.05, 3.63) is 0 Å². The number of hydrogen-bond donors (Lipinski definition) is 0. The minimum atomic E-state index is -2.77. The Morgan fingerprint density at radius 1 is 1.62 bits per heavy atom. The van der Waals surface area contributed by atoms with Crippen molar-refractivity contribution in [1.82, 2.24) is 0 Å². The molecular weight excluding hydrogens is 259 g/mol. The molecule has 0 unspecified atom stereocenters. The molecule has 0 spiro atoms. The standard InChI is InChI=1S/C3H7IO2S2/c1-8(5,6)7-3-2-4/h2-3H2,1H3. The topological polar surface area (TPSA) is 34.1 Å². The second-order valence-corrected chi connectivity index (χ2v) is 6.87. The van der Waals surface area contributed by atoms with Gasteiger partial charge in [0, 0.05) is 16.4 Å². The number of halogens is 1. The second kappa shape index (κ2) is 3.94. The van der Waals surface area contributed by atoms with Crippen LogP contribution in [0.5, 0.6) is 0 Å². The number of hydrogen-bond acceptors (Lipinski definition) is 3. The minimum Gasteiger partial charge on any atom is -0.218 e. The minimum absolute atomic E-state index is 0.694. The maximum atomic E-state index is 10.3. The average Bonchev–Trinajstić information content (AvgIpc) is 1.59. The molecule has 0 aromatic carbocycles. The summed E-state index contributed by atoms with van der Waals surface area (Å²) < 4.78 is 21.6. The molecule has 0 aromatic rings. The molecule has 0 heterocycles. The summed E-state index contributed by atoms with van der Waals surface area (Å²) >= 11 is 2.14. The quantitative estimate of drug-likeness (QED) is 0.436. The monoisotopic (exact) mass is 266 g/mol. The lowest BCUT2D eigenvalue weighted by molar-refractivity contribution is 0.615. The van der Waals surface area contributed by atoms with Crippen LogP contribution in [0.3, 0.4) is 0 Å². The van der Waals surface area contributed by atoms with E-state index in [4.69, 9.17) is 0 Å². The van der Waals surface area contributed by atoms with E-state index in [1.165, 1.54) is 6.26 Å². The van der Waals surface area contributed by atoms with Gasteiger partial charge in [-0.1, -0.05) is 22.6 Å². The van der Waals surface area contributed by atoms with Gasteiger partial charge >= 0.3 is 0 Å². The fraction of sp³-hybridized carbons (Fsp3) is 1.00. The first-order chi connectivity index (χ1) is 3.56. The Balaban J connectivity index is 3.42. The molecule has 50 valence electrons. The summed E-state index contributed by atoms with van der Waals surface area (Å²) in [6.45, 7) is 0. The highest BCUT2D eigenvalue weighted by Gasteiger charge is 1.98. The van der Waals surface area contributed by atoms with Crippen molar-refractivity contribution in [2.45, 2.75) is 0 Å². The van der Waals surface area contributed by atoms with Gasteiger partial charge in [0.1, 0.15) is 0 Å². The Labute approximate surface area is 66.9 Å². The molecule has 0 aromatic heterocycles. The fourth-order valence-electron chi connectivity index (χ4n) is 0.183. The van der Waals surface area contributed by atoms with Gasteiger partial charge < -0.3 is 0 Å². The van der Waals surface area contributed by atoms with Gasteiger partial charge in [-0.15, -0.1) is 0 Å². The van der Waals surface area contributed by atoms with E-state index in [1.54, 1.807) is 0 Å². The van der Waals surface area contributed by atoms with E-state index >= 15 is 0 Å². The number of alkyl halides is 1. The molecule has 0 atom stereocenters. The van der Waals surface area contributed by atoms with E-state index in [0.29, 0.717) is 5.75 Å². The highest BCUT2D eigenvalue weighted by atomic mass is 127. The van der Waals surface area contributed by atoms with Crippen molar-refractivity contribution in [3.63, 3.8) is 0 Å². The van der Waals surface area contributed by atoms with Crippen LogP contribution in [0.15, 0.2) is 0 Å². The van der Waals surface area contributed by atoms with Crippen LogP contribution in [0, 0.1) is 0 Å². The fourth-order valence-corrected chi connectivity index (χ4v) is 3.26. The van der Waals surface area contributed by atoms with Gasteiger partial charge in [-0.2, -0.15) is 0 Å². The molecule has 0 aliphatic carbocycles. The SMILES string of the molecule is CS(=O)(=O)SCCI.